The van der Waals surface area contributed by atoms with Gasteiger partial charge in [0.1, 0.15) is 5.78 Å². The second-order valence-corrected chi connectivity index (χ2v) is 11.0. The summed E-state index contributed by atoms with van der Waals surface area (Å²) in [4.78, 5) is 18.6. The van der Waals surface area contributed by atoms with Crippen molar-refractivity contribution in [3.8, 4) is 0 Å². The Morgan fingerprint density at radius 2 is 2.03 bits per heavy atom. The van der Waals surface area contributed by atoms with Crippen LogP contribution >= 0.6 is 0 Å². The number of allylic oxidation sites excluding steroid dienone is 2. The first-order valence-electron chi connectivity index (χ1n) is 12.2. The molecule has 5 aliphatic rings. The van der Waals surface area contributed by atoms with Gasteiger partial charge >= 0.3 is 0 Å². The Labute approximate surface area is 184 Å². The van der Waals surface area contributed by atoms with Crippen LogP contribution in [0.4, 0.5) is 0 Å². The van der Waals surface area contributed by atoms with Crippen LogP contribution < -0.4 is 10.8 Å². The van der Waals surface area contributed by atoms with Gasteiger partial charge < -0.3 is 20.6 Å². The molecular weight excluding hydrogens is 396 g/mol. The molecule has 1 aliphatic heterocycles. The minimum absolute atomic E-state index is 0.0329. The van der Waals surface area contributed by atoms with Gasteiger partial charge in [-0.3, -0.25) is 15.1 Å². The molecule has 4 aliphatic carbocycles. The van der Waals surface area contributed by atoms with E-state index in [9.17, 15) is 20.1 Å². The molecule has 7 nitrogen and oxygen atoms in total. The monoisotopic (exact) mass is 434 g/mol. The predicted molar refractivity (Wildman–Crippen MR) is 114 cm³/mol. The zero-order valence-electron chi connectivity index (χ0n) is 18.6. The van der Waals surface area contributed by atoms with Crippen LogP contribution in [0.2, 0.25) is 0 Å². The van der Waals surface area contributed by atoms with Crippen LogP contribution in [0.3, 0.4) is 0 Å². The minimum Gasteiger partial charge on any atom is -0.396 e. The molecule has 5 N–H and O–H groups in total. The summed E-state index contributed by atoms with van der Waals surface area (Å²) in [6.07, 6.45) is 7.30. The molecule has 1 heterocycles. The molecule has 9 atom stereocenters. The van der Waals surface area contributed by atoms with Crippen LogP contribution in [-0.4, -0.2) is 59.6 Å². The number of ketones is 1. The van der Waals surface area contributed by atoms with E-state index in [4.69, 9.17) is 4.84 Å². The number of carbonyl (C=O) groups is 1. The van der Waals surface area contributed by atoms with Gasteiger partial charge in [-0.25, -0.2) is 0 Å². The normalized spacial score (nSPS) is 49.2. The SMILES string of the molecule is CC12CCC3C(C(O)C(CO)C4C=C(NOC5CCNC5)CCC43CO)C1CCC2=O. The molecule has 31 heavy (non-hydrogen) atoms. The molecule has 7 heteroatoms. The first-order valence-corrected chi connectivity index (χ1v) is 12.2. The number of Topliss-reactive ketones (excluding diaryl/α,β-unsaturated/α-hetero) is 1. The molecule has 5 rings (SSSR count). The summed E-state index contributed by atoms with van der Waals surface area (Å²) in [5, 5.41) is 35.9. The van der Waals surface area contributed by atoms with Crippen LogP contribution in [0.15, 0.2) is 11.8 Å². The Bertz CT molecular complexity index is 737. The average Bonchev–Trinajstić information content (AvgIpc) is 3.40. The number of hydrogen-bond donors (Lipinski definition) is 5. The van der Waals surface area contributed by atoms with E-state index in [2.05, 4.69) is 23.8 Å². The first kappa shape index (κ1) is 21.8. The summed E-state index contributed by atoms with van der Waals surface area (Å²) in [6, 6.07) is 0. The molecule has 0 aromatic heterocycles. The average molecular weight is 435 g/mol. The Morgan fingerprint density at radius 1 is 1.19 bits per heavy atom. The third-order valence-electron chi connectivity index (χ3n) is 9.86. The molecule has 4 fully saturated rings. The topological polar surface area (TPSA) is 111 Å². The summed E-state index contributed by atoms with van der Waals surface area (Å²) >= 11 is 0. The highest BCUT2D eigenvalue weighted by atomic mass is 16.7. The second kappa shape index (κ2) is 8.10. The summed E-state index contributed by atoms with van der Waals surface area (Å²) in [5.41, 5.74) is 3.43. The van der Waals surface area contributed by atoms with Gasteiger partial charge in [-0.2, -0.15) is 0 Å². The van der Waals surface area contributed by atoms with E-state index in [1.807, 2.05) is 0 Å². The van der Waals surface area contributed by atoms with E-state index >= 15 is 0 Å². The standard InChI is InChI=1S/C24H38N2O5/c1-23-7-5-18-21(17(23)2-3-20(23)29)22(30)16(12-27)19-10-14(4-8-24(18,19)13-28)26-31-15-6-9-25-11-15/h10,15-19,21-22,25-28,30H,2-9,11-13H2,1H3. The van der Waals surface area contributed by atoms with Crippen molar-refractivity contribution in [2.45, 2.75) is 64.1 Å². The van der Waals surface area contributed by atoms with E-state index in [0.29, 0.717) is 12.2 Å². The van der Waals surface area contributed by atoms with E-state index < -0.39 is 6.10 Å². The summed E-state index contributed by atoms with van der Waals surface area (Å²) < 4.78 is 0. The van der Waals surface area contributed by atoms with Gasteiger partial charge in [-0.15, -0.1) is 0 Å². The largest absolute Gasteiger partial charge is 0.396 e. The lowest BCUT2D eigenvalue weighted by Crippen LogP contribution is -2.63. The highest BCUT2D eigenvalue weighted by Crippen LogP contribution is 2.66. The van der Waals surface area contributed by atoms with Crippen molar-refractivity contribution in [3.05, 3.63) is 11.8 Å². The van der Waals surface area contributed by atoms with E-state index in [1.165, 1.54) is 0 Å². The highest BCUT2D eigenvalue weighted by molar-refractivity contribution is 5.87. The molecule has 0 amide bonds. The van der Waals surface area contributed by atoms with E-state index in [0.717, 1.165) is 57.3 Å². The third kappa shape index (κ3) is 3.22. The number of hydroxylamine groups is 1. The lowest BCUT2D eigenvalue weighted by molar-refractivity contribution is -0.196. The molecule has 0 spiro atoms. The van der Waals surface area contributed by atoms with Crippen LogP contribution in [0.5, 0.6) is 0 Å². The van der Waals surface area contributed by atoms with Crippen molar-refractivity contribution in [1.29, 1.82) is 0 Å². The smallest absolute Gasteiger partial charge is 0.139 e. The molecule has 0 radical (unpaired) electrons. The lowest BCUT2D eigenvalue weighted by atomic mass is 9.43. The van der Waals surface area contributed by atoms with E-state index in [-0.39, 0.29) is 59.7 Å². The van der Waals surface area contributed by atoms with Gasteiger partial charge in [0.05, 0.1) is 12.2 Å². The van der Waals surface area contributed by atoms with Crippen molar-refractivity contribution in [2.24, 2.45) is 40.4 Å². The third-order valence-corrected chi connectivity index (χ3v) is 9.86. The quantitative estimate of drug-likeness (QED) is 0.413. The van der Waals surface area contributed by atoms with Gasteiger partial charge in [0, 0.05) is 48.6 Å². The maximum atomic E-state index is 12.7. The van der Waals surface area contributed by atoms with Crippen molar-refractivity contribution in [1.82, 2.24) is 10.8 Å². The number of fused-ring (bicyclic) bond motifs is 5. The zero-order chi connectivity index (χ0) is 21.8. The molecule has 0 bridgehead atoms. The molecule has 174 valence electrons. The maximum absolute atomic E-state index is 12.7. The van der Waals surface area contributed by atoms with Crippen LogP contribution in [0.25, 0.3) is 0 Å². The zero-order valence-corrected chi connectivity index (χ0v) is 18.6. The van der Waals surface area contributed by atoms with Gasteiger partial charge in [-0.05, 0) is 68.7 Å². The van der Waals surface area contributed by atoms with Crippen LogP contribution in [0.1, 0.15) is 51.9 Å². The Hall–Kier alpha value is -0.990. The fourth-order valence-electron chi connectivity index (χ4n) is 8.09. The fraction of sp³-hybridized carbons (Fsp3) is 0.875. The Kier molecular flexibility index (Phi) is 5.70. The first-order chi connectivity index (χ1) is 14.9. The highest BCUT2D eigenvalue weighted by Gasteiger charge is 2.65. The number of hydrogen-bond acceptors (Lipinski definition) is 7. The molecule has 0 aromatic carbocycles. The summed E-state index contributed by atoms with van der Waals surface area (Å²) in [7, 11) is 0. The minimum atomic E-state index is -0.661. The maximum Gasteiger partial charge on any atom is 0.139 e. The van der Waals surface area contributed by atoms with Gasteiger partial charge in [0.2, 0.25) is 0 Å². The molecular formula is C24H38N2O5. The van der Waals surface area contributed by atoms with Crippen molar-refractivity contribution in [2.75, 3.05) is 26.3 Å². The van der Waals surface area contributed by atoms with Gasteiger partial charge in [0.15, 0.2) is 0 Å². The fourth-order valence-corrected chi connectivity index (χ4v) is 8.09. The number of aliphatic hydroxyl groups is 3. The van der Waals surface area contributed by atoms with Gasteiger partial charge in [0.25, 0.3) is 0 Å². The summed E-state index contributed by atoms with van der Waals surface area (Å²) in [6.45, 7) is 3.82. The number of nitrogens with one attached hydrogen (secondary N) is 2. The van der Waals surface area contributed by atoms with Crippen molar-refractivity contribution in [3.63, 3.8) is 0 Å². The number of aliphatic hydroxyl groups excluding tert-OH is 3. The van der Waals surface area contributed by atoms with Crippen LogP contribution in [-0.2, 0) is 9.63 Å². The van der Waals surface area contributed by atoms with Crippen LogP contribution in [0, 0.1) is 40.4 Å². The Balaban J connectivity index is 1.44. The summed E-state index contributed by atoms with van der Waals surface area (Å²) in [5.74, 6) is 0.168. The van der Waals surface area contributed by atoms with Crippen molar-refractivity contribution < 1.29 is 25.0 Å². The molecule has 3 saturated carbocycles. The second-order valence-electron chi connectivity index (χ2n) is 11.0. The van der Waals surface area contributed by atoms with Crippen molar-refractivity contribution >= 4 is 5.78 Å². The predicted octanol–water partition coefficient (Wildman–Crippen LogP) is 1.14. The molecule has 9 unspecified atom stereocenters. The lowest BCUT2D eigenvalue weighted by Gasteiger charge is -2.63. The van der Waals surface area contributed by atoms with Gasteiger partial charge in [-0.1, -0.05) is 13.0 Å². The number of carbonyl (C=O) groups excluding carboxylic acids is 1. The Morgan fingerprint density at radius 3 is 2.74 bits per heavy atom. The van der Waals surface area contributed by atoms with E-state index in [1.54, 1.807) is 0 Å². The molecule has 1 saturated heterocycles. The number of rotatable bonds is 5. The molecule has 0 aromatic rings.